The van der Waals surface area contributed by atoms with Crippen LogP contribution in [0.4, 0.5) is 11.5 Å². The molecule has 6 nitrogen and oxygen atoms in total. The molecule has 0 saturated heterocycles. The molecule has 0 aliphatic heterocycles. The Hall–Kier alpha value is -3.41. The molecule has 2 aromatic carbocycles. The molecule has 0 radical (unpaired) electrons. The van der Waals surface area contributed by atoms with Crippen LogP contribution < -0.4 is 10.1 Å². The highest BCUT2D eigenvalue weighted by atomic mass is 16.5. The quantitative estimate of drug-likeness (QED) is 0.717. The summed E-state index contributed by atoms with van der Waals surface area (Å²) in [6, 6.07) is 14.7. The summed E-state index contributed by atoms with van der Waals surface area (Å²) in [7, 11) is 2.96. The lowest BCUT2D eigenvalue weighted by atomic mass is 9.98. The van der Waals surface area contributed by atoms with Gasteiger partial charge in [0.2, 0.25) is 0 Å². The minimum atomic E-state index is -0.408. The Bertz CT molecular complexity index is 882. The first-order chi connectivity index (χ1) is 12.2. The molecule has 3 rings (SSSR count). The topological polar surface area (TPSA) is 73.3 Å². The van der Waals surface area contributed by atoms with Crippen molar-refractivity contribution in [3.63, 3.8) is 0 Å². The minimum absolute atomic E-state index is 0.408. The fourth-order valence-electron chi connectivity index (χ4n) is 2.51. The largest absolute Gasteiger partial charge is 0.496 e. The van der Waals surface area contributed by atoms with Gasteiger partial charge in [-0.2, -0.15) is 0 Å². The van der Waals surface area contributed by atoms with Crippen molar-refractivity contribution in [2.24, 2.45) is 0 Å². The molecule has 0 atom stereocenters. The zero-order valence-electron chi connectivity index (χ0n) is 13.9. The number of hydrogen-bond acceptors (Lipinski definition) is 6. The monoisotopic (exact) mass is 335 g/mol. The Balaban J connectivity index is 2.09. The van der Waals surface area contributed by atoms with E-state index in [1.807, 2.05) is 30.3 Å². The maximum absolute atomic E-state index is 12.2. The average Bonchev–Trinajstić information content (AvgIpc) is 2.68. The number of carbonyl (C=O) groups excluding carboxylic acids is 1. The zero-order chi connectivity index (χ0) is 17.6. The van der Waals surface area contributed by atoms with Crippen LogP contribution in [-0.4, -0.2) is 30.2 Å². The number of aromatic nitrogens is 2. The summed E-state index contributed by atoms with van der Waals surface area (Å²) in [5.41, 5.74) is 2.76. The van der Waals surface area contributed by atoms with E-state index in [9.17, 15) is 4.79 Å². The van der Waals surface area contributed by atoms with Crippen LogP contribution in [0.3, 0.4) is 0 Å². The van der Waals surface area contributed by atoms with Crippen LogP contribution in [0.5, 0.6) is 5.75 Å². The van der Waals surface area contributed by atoms with Gasteiger partial charge in [0, 0.05) is 23.0 Å². The second kappa shape index (κ2) is 7.44. The second-order valence-corrected chi connectivity index (χ2v) is 5.17. The molecule has 1 heterocycles. The molecule has 0 amide bonds. The van der Waals surface area contributed by atoms with E-state index in [0.717, 1.165) is 11.3 Å². The fraction of sp³-hybridized carbons (Fsp3) is 0.105. The number of hydrogen-bond donors (Lipinski definition) is 1. The highest BCUT2D eigenvalue weighted by Crippen LogP contribution is 2.34. The third-order valence-electron chi connectivity index (χ3n) is 3.68. The molecule has 0 aliphatic rings. The van der Waals surface area contributed by atoms with Gasteiger partial charge in [0.1, 0.15) is 17.9 Å². The van der Waals surface area contributed by atoms with Gasteiger partial charge in [0.25, 0.3) is 0 Å². The van der Waals surface area contributed by atoms with Crippen molar-refractivity contribution in [3.8, 4) is 16.9 Å². The number of para-hydroxylation sites is 1. The number of nitrogens with one attached hydrogen (secondary N) is 1. The predicted octanol–water partition coefficient (Wildman–Crippen LogP) is 3.68. The second-order valence-electron chi connectivity index (χ2n) is 5.17. The molecule has 0 aliphatic carbocycles. The Morgan fingerprint density at radius 1 is 1.04 bits per heavy atom. The molecule has 0 saturated carbocycles. The first-order valence-corrected chi connectivity index (χ1v) is 7.61. The summed E-state index contributed by atoms with van der Waals surface area (Å²) < 4.78 is 10.3. The summed E-state index contributed by atoms with van der Waals surface area (Å²) in [5, 5.41) is 3.19. The molecular formula is C19H17N3O3. The fourth-order valence-corrected chi connectivity index (χ4v) is 2.51. The minimum Gasteiger partial charge on any atom is -0.496 e. The maximum Gasteiger partial charge on any atom is 0.338 e. The van der Waals surface area contributed by atoms with Crippen molar-refractivity contribution in [1.82, 2.24) is 9.97 Å². The number of nitrogens with zero attached hydrogens (tertiary/aromatic N) is 2. The maximum atomic E-state index is 12.2. The van der Waals surface area contributed by atoms with Gasteiger partial charge in [-0.3, -0.25) is 0 Å². The Morgan fingerprint density at radius 2 is 1.88 bits per heavy atom. The van der Waals surface area contributed by atoms with Gasteiger partial charge < -0.3 is 14.8 Å². The van der Waals surface area contributed by atoms with Gasteiger partial charge in [0.05, 0.1) is 19.8 Å². The summed E-state index contributed by atoms with van der Waals surface area (Å²) >= 11 is 0. The Labute approximate surface area is 145 Å². The highest BCUT2D eigenvalue weighted by molar-refractivity contribution is 5.99. The number of carbonyl (C=O) groups is 1. The number of esters is 1. The zero-order valence-corrected chi connectivity index (χ0v) is 13.9. The molecule has 1 aromatic heterocycles. The lowest BCUT2D eigenvalue weighted by Crippen LogP contribution is -2.05. The molecule has 0 bridgehead atoms. The van der Waals surface area contributed by atoms with E-state index >= 15 is 0 Å². The van der Waals surface area contributed by atoms with Crippen LogP contribution in [0.2, 0.25) is 0 Å². The third kappa shape index (κ3) is 3.58. The van der Waals surface area contributed by atoms with Crippen molar-refractivity contribution in [2.75, 3.05) is 19.5 Å². The van der Waals surface area contributed by atoms with Gasteiger partial charge in [-0.1, -0.05) is 18.2 Å². The highest BCUT2D eigenvalue weighted by Gasteiger charge is 2.17. The molecular weight excluding hydrogens is 318 g/mol. The number of benzene rings is 2. The van der Waals surface area contributed by atoms with Crippen molar-refractivity contribution >= 4 is 17.5 Å². The molecule has 6 heteroatoms. The SMILES string of the molecule is COC(=O)c1ccc(Nc2ccncn2)cc1-c1ccccc1OC. The van der Waals surface area contributed by atoms with Crippen LogP contribution in [0.15, 0.2) is 61.1 Å². The summed E-state index contributed by atoms with van der Waals surface area (Å²) in [5.74, 6) is 0.924. The number of rotatable bonds is 5. The average molecular weight is 335 g/mol. The first-order valence-electron chi connectivity index (χ1n) is 7.61. The van der Waals surface area contributed by atoms with Crippen LogP contribution in [-0.2, 0) is 4.74 Å². The van der Waals surface area contributed by atoms with Gasteiger partial charge in [0.15, 0.2) is 0 Å². The van der Waals surface area contributed by atoms with Gasteiger partial charge in [-0.25, -0.2) is 14.8 Å². The number of anilines is 2. The molecule has 3 aromatic rings. The van der Waals surface area contributed by atoms with Crippen molar-refractivity contribution in [1.29, 1.82) is 0 Å². The Morgan fingerprint density at radius 3 is 2.60 bits per heavy atom. The van der Waals surface area contributed by atoms with E-state index in [1.54, 1.807) is 31.5 Å². The smallest absolute Gasteiger partial charge is 0.338 e. The van der Waals surface area contributed by atoms with Crippen LogP contribution in [0, 0.1) is 0 Å². The lowest BCUT2D eigenvalue weighted by Gasteiger charge is -2.14. The van der Waals surface area contributed by atoms with Crippen molar-refractivity contribution in [2.45, 2.75) is 0 Å². The molecule has 1 N–H and O–H groups in total. The molecule has 126 valence electrons. The molecule has 0 unspecified atom stereocenters. The molecule has 0 fully saturated rings. The summed E-state index contributed by atoms with van der Waals surface area (Å²) in [6.45, 7) is 0. The van der Waals surface area contributed by atoms with Crippen LogP contribution in [0.1, 0.15) is 10.4 Å². The van der Waals surface area contributed by atoms with Gasteiger partial charge in [-0.05, 0) is 30.3 Å². The number of ether oxygens (including phenoxy) is 2. The summed E-state index contributed by atoms with van der Waals surface area (Å²) in [6.07, 6.45) is 3.12. The van der Waals surface area contributed by atoms with Crippen LogP contribution >= 0.6 is 0 Å². The van der Waals surface area contributed by atoms with Crippen molar-refractivity contribution < 1.29 is 14.3 Å². The molecule has 25 heavy (non-hydrogen) atoms. The van der Waals surface area contributed by atoms with E-state index in [4.69, 9.17) is 9.47 Å². The van der Waals surface area contributed by atoms with Crippen LogP contribution in [0.25, 0.3) is 11.1 Å². The third-order valence-corrected chi connectivity index (χ3v) is 3.68. The number of methoxy groups -OCH3 is 2. The van der Waals surface area contributed by atoms with E-state index in [0.29, 0.717) is 22.7 Å². The first kappa shape index (κ1) is 16.4. The van der Waals surface area contributed by atoms with E-state index in [-0.39, 0.29) is 0 Å². The molecule has 0 spiro atoms. The van der Waals surface area contributed by atoms with Gasteiger partial charge >= 0.3 is 5.97 Å². The van der Waals surface area contributed by atoms with E-state index in [1.165, 1.54) is 13.4 Å². The predicted molar refractivity (Wildman–Crippen MR) is 95.1 cm³/mol. The Kier molecular flexibility index (Phi) is 4.89. The normalized spacial score (nSPS) is 10.2. The standard InChI is InChI=1S/C19H17N3O3/c1-24-17-6-4-3-5-14(17)16-11-13(7-8-15(16)19(23)25-2)22-18-9-10-20-12-21-18/h3-12H,1-2H3,(H,20,21,22). The summed E-state index contributed by atoms with van der Waals surface area (Å²) in [4.78, 5) is 20.2. The lowest BCUT2D eigenvalue weighted by molar-refractivity contribution is 0.0601. The van der Waals surface area contributed by atoms with E-state index in [2.05, 4.69) is 15.3 Å². The van der Waals surface area contributed by atoms with Crippen molar-refractivity contribution in [3.05, 3.63) is 66.6 Å². The van der Waals surface area contributed by atoms with Gasteiger partial charge in [-0.15, -0.1) is 0 Å². The van der Waals surface area contributed by atoms with E-state index < -0.39 is 5.97 Å².